The van der Waals surface area contributed by atoms with Gasteiger partial charge < -0.3 is 20.4 Å². The predicted molar refractivity (Wildman–Crippen MR) is 174 cm³/mol. The second-order valence-electron chi connectivity index (χ2n) is 13.6. The number of hydrogen-bond acceptors (Lipinski definition) is 5. The second-order valence-corrected chi connectivity index (χ2v) is 13.6. The standard InChI is InChI=1S/C36H53N5O2/c1-26(2)24-41(30-15-19-39(20-16-30)27(3)4)31-17-21-40(25-31)36(43)34(22-28-10-6-5-7-11-28)38-35(42)23-33-32-13-9-8-12-29(32)14-18-37-33/h5-13,26-27,30-31,33-34,37H,14-25H2,1-4H3,(H,38,42)/t31?,33?,34-/m1/s1. The van der Waals surface area contributed by atoms with E-state index in [4.69, 9.17) is 0 Å². The van der Waals surface area contributed by atoms with Crippen molar-refractivity contribution in [3.05, 3.63) is 71.3 Å². The van der Waals surface area contributed by atoms with Crippen LogP contribution in [0.4, 0.5) is 0 Å². The van der Waals surface area contributed by atoms with Gasteiger partial charge in [0.1, 0.15) is 6.04 Å². The second kappa shape index (κ2) is 14.8. The fourth-order valence-electron chi connectivity index (χ4n) is 7.45. The number of piperidine rings is 1. The molecule has 0 saturated carbocycles. The maximum absolute atomic E-state index is 14.1. The zero-order chi connectivity index (χ0) is 30.3. The maximum atomic E-state index is 14.1. The van der Waals surface area contributed by atoms with Crippen molar-refractivity contribution < 1.29 is 9.59 Å². The van der Waals surface area contributed by atoms with Gasteiger partial charge in [0, 0.05) is 56.6 Å². The molecule has 2 unspecified atom stereocenters. The summed E-state index contributed by atoms with van der Waals surface area (Å²) in [5.41, 5.74) is 3.57. The first-order valence-corrected chi connectivity index (χ1v) is 16.7. The monoisotopic (exact) mass is 587 g/mol. The molecule has 2 aromatic rings. The van der Waals surface area contributed by atoms with Crippen LogP contribution in [0.2, 0.25) is 0 Å². The van der Waals surface area contributed by atoms with Crippen LogP contribution in [0.3, 0.4) is 0 Å². The van der Waals surface area contributed by atoms with E-state index in [2.05, 4.69) is 66.3 Å². The van der Waals surface area contributed by atoms with E-state index in [1.54, 1.807) is 0 Å². The fraction of sp³-hybridized carbons (Fsp3) is 0.611. The maximum Gasteiger partial charge on any atom is 0.245 e. The number of carbonyl (C=O) groups excluding carboxylic acids is 2. The Labute approximate surface area is 259 Å². The molecule has 3 aliphatic rings. The zero-order valence-corrected chi connectivity index (χ0v) is 26.8. The molecule has 7 nitrogen and oxygen atoms in total. The first-order valence-electron chi connectivity index (χ1n) is 16.7. The molecule has 43 heavy (non-hydrogen) atoms. The highest BCUT2D eigenvalue weighted by Crippen LogP contribution is 2.28. The van der Waals surface area contributed by atoms with Gasteiger partial charge in [0.2, 0.25) is 11.8 Å². The van der Waals surface area contributed by atoms with Gasteiger partial charge in [0.05, 0.1) is 0 Å². The molecule has 2 fully saturated rings. The van der Waals surface area contributed by atoms with Gasteiger partial charge in [-0.15, -0.1) is 0 Å². The SMILES string of the molecule is CC(C)CN(C1CCN(C(C)C)CC1)C1CCN(C(=O)[C@@H](Cc2ccccc2)NC(=O)CC2NCCc3ccccc32)C1. The number of likely N-dealkylation sites (tertiary alicyclic amines) is 2. The summed E-state index contributed by atoms with van der Waals surface area (Å²) >= 11 is 0. The summed E-state index contributed by atoms with van der Waals surface area (Å²) in [4.78, 5) is 35.0. The van der Waals surface area contributed by atoms with Crippen LogP contribution in [0.25, 0.3) is 0 Å². The van der Waals surface area contributed by atoms with Gasteiger partial charge in [0.25, 0.3) is 0 Å². The van der Waals surface area contributed by atoms with Crippen LogP contribution in [-0.4, -0.2) is 89.9 Å². The lowest BCUT2D eigenvalue weighted by Crippen LogP contribution is -2.53. The van der Waals surface area contributed by atoms with E-state index in [-0.39, 0.29) is 17.9 Å². The first-order chi connectivity index (χ1) is 20.8. The molecule has 2 saturated heterocycles. The van der Waals surface area contributed by atoms with Gasteiger partial charge in [0.15, 0.2) is 0 Å². The molecule has 2 N–H and O–H groups in total. The molecular weight excluding hydrogens is 534 g/mol. The summed E-state index contributed by atoms with van der Waals surface area (Å²) < 4.78 is 0. The Morgan fingerprint density at radius 1 is 0.930 bits per heavy atom. The summed E-state index contributed by atoms with van der Waals surface area (Å²) in [6.07, 6.45) is 5.20. The molecule has 0 aliphatic carbocycles. The number of nitrogens with one attached hydrogen (secondary N) is 2. The third-order valence-electron chi connectivity index (χ3n) is 9.74. The Kier molecular flexibility index (Phi) is 10.9. The Morgan fingerprint density at radius 2 is 1.63 bits per heavy atom. The third kappa shape index (κ3) is 8.25. The van der Waals surface area contributed by atoms with Crippen LogP contribution in [0, 0.1) is 5.92 Å². The Balaban J connectivity index is 1.26. The highest BCUT2D eigenvalue weighted by Gasteiger charge is 2.38. The van der Waals surface area contributed by atoms with Gasteiger partial charge in [-0.2, -0.15) is 0 Å². The van der Waals surface area contributed by atoms with E-state index >= 15 is 0 Å². The summed E-state index contributed by atoms with van der Waals surface area (Å²) in [6.45, 7) is 14.9. The Bertz CT molecular complexity index is 1190. The number of benzene rings is 2. The molecule has 0 spiro atoms. The first kappa shape index (κ1) is 31.7. The van der Waals surface area contributed by atoms with E-state index < -0.39 is 6.04 Å². The molecule has 0 radical (unpaired) electrons. The third-order valence-corrected chi connectivity index (χ3v) is 9.74. The van der Waals surface area contributed by atoms with E-state index in [0.717, 1.165) is 57.7 Å². The van der Waals surface area contributed by atoms with Gasteiger partial charge in [-0.05, 0) is 81.8 Å². The molecule has 2 aromatic carbocycles. The van der Waals surface area contributed by atoms with E-state index in [9.17, 15) is 9.59 Å². The van der Waals surface area contributed by atoms with Crippen molar-refractivity contribution in [2.75, 3.05) is 39.3 Å². The minimum absolute atomic E-state index is 0.0275. The number of amides is 2. The fourth-order valence-corrected chi connectivity index (χ4v) is 7.45. The van der Waals surface area contributed by atoms with Crippen LogP contribution < -0.4 is 10.6 Å². The highest BCUT2D eigenvalue weighted by molar-refractivity contribution is 5.88. The topological polar surface area (TPSA) is 67.9 Å². The molecule has 3 heterocycles. The number of nitrogens with zero attached hydrogens (tertiary/aromatic N) is 3. The van der Waals surface area contributed by atoms with Gasteiger partial charge in [-0.3, -0.25) is 14.5 Å². The van der Waals surface area contributed by atoms with Gasteiger partial charge >= 0.3 is 0 Å². The van der Waals surface area contributed by atoms with Crippen LogP contribution in [-0.2, 0) is 22.4 Å². The lowest BCUT2D eigenvalue weighted by molar-refractivity contribution is -0.136. The molecule has 3 atom stereocenters. The van der Waals surface area contributed by atoms with Crippen molar-refractivity contribution in [1.29, 1.82) is 0 Å². The lowest BCUT2D eigenvalue weighted by Gasteiger charge is -2.43. The molecule has 234 valence electrons. The quantitative estimate of drug-likeness (QED) is 0.408. The van der Waals surface area contributed by atoms with E-state index in [0.29, 0.717) is 36.9 Å². The number of carbonyl (C=O) groups is 2. The van der Waals surface area contributed by atoms with Crippen LogP contribution in [0.15, 0.2) is 54.6 Å². The van der Waals surface area contributed by atoms with Crippen molar-refractivity contribution >= 4 is 11.8 Å². The predicted octanol–water partition coefficient (Wildman–Crippen LogP) is 4.42. The summed E-state index contributed by atoms with van der Waals surface area (Å²) in [5, 5.41) is 6.71. The minimum Gasteiger partial charge on any atom is -0.344 e. The molecular formula is C36H53N5O2. The van der Waals surface area contributed by atoms with E-state index in [1.807, 2.05) is 41.3 Å². The van der Waals surface area contributed by atoms with Crippen LogP contribution >= 0.6 is 0 Å². The van der Waals surface area contributed by atoms with Crippen LogP contribution in [0.1, 0.15) is 76.1 Å². The molecule has 7 heteroatoms. The van der Waals surface area contributed by atoms with Crippen molar-refractivity contribution in [2.45, 2.75) is 96.4 Å². The van der Waals surface area contributed by atoms with Crippen molar-refractivity contribution in [3.8, 4) is 0 Å². The van der Waals surface area contributed by atoms with Crippen molar-refractivity contribution in [1.82, 2.24) is 25.3 Å². The smallest absolute Gasteiger partial charge is 0.245 e. The molecule has 0 bridgehead atoms. The molecule has 2 amide bonds. The summed E-state index contributed by atoms with van der Waals surface area (Å²) in [7, 11) is 0. The van der Waals surface area contributed by atoms with Gasteiger partial charge in [-0.1, -0.05) is 68.4 Å². The normalized spacial score (nSPS) is 22.3. The van der Waals surface area contributed by atoms with Crippen molar-refractivity contribution in [2.24, 2.45) is 5.92 Å². The lowest BCUT2D eigenvalue weighted by atomic mass is 9.92. The average molecular weight is 588 g/mol. The number of rotatable bonds is 11. The minimum atomic E-state index is -0.569. The average Bonchev–Trinajstić information content (AvgIpc) is 3.50. The molecule has 5 rings (SSSR count). The summed E-state index contributed by atoms with van der Waals surface area (Å²) in [5.74, 6) is 0.560. The number of hydrogen-bond donors (Lipinski definition) is 2. The van der Waals surface area contributed by atoms with Crippen LogP contribution in [0.5, 0.6) is 0 Å². The molecule has 3 aliphatic heterocycles. The van der Waals surface area contributed by atoms with Crippen molar-refractivity contribution in [3.63, 3.8) is 0 Å². The summed E-state index contributed by atoms with van der Waals surface area (Å²) in [6, 6.07) is 19.4. The van der Waals surface area contributed by atoms with E-state index in [1.165, 1.54) is 24.0 Å². The Morgan fingerprint density at radius 3 is 2.35 bits per heavy atom. The highest BCUT2D eigenvalue weighted by atomic mass is 16.2. The molecule has 0 aromatic heterocycles. The van der Waals surface area contributed by atoms with Gasteiger partial charge in [-0.25, -0.2) is 0 Å². The Hall–Kier alpha value is -2.74. The largest absolute Gasteiger partial charge is 0.344 e. The zero-order valence-electron chi connectivity index (χ0n) is 26.8. The number of fused-ring (bicyclic) bond motifs is 1.